The van der Waals surface area contributed by atoms with E-state index >= 15 is 0 Å². The Labute approximate surface area is 216 Å². The molecular formula is C26H22F2N6O3S. The molecule has 0 saturated carbocycles. The largest absolute Gasteiger partial charge is 0.432 e. The highest BCUT2D eigenvalue weighted by Gasteiger charge is 2.30. The van der Waals surface area contributed by atoms with Crippen LogP contribution >= 0.6 is 0 Å². The number of aromatic nitrogens is 4. The number of oxazole rings is 1. The molecule has 0 unspecified atom stereocenters. The maximum atomic E-state index is 13.5. The molecule has 2 aromatic carbocycles. The van der Waals surface area contributed by atoms with Crippen LogP contribution in [0.5, 0.6) is 0 Å². The first-order valence-electron chi connectivity index (χ1n) is 12.0. The van der Waals surface area contributed by atoms with Crippen LogP contribution in [0.2, 0.25) is 0 Å². The lowest BCUT2D eigenvalue weighted by Gasteiger charge is -2.31. The van der Waals surface area contributed by atoms with Gasteiger partial charge in [-0.25, -0.2) is 27.2 Å². The lowest BCUT2D eigenvalue weighted by atomic mass is 10.1. The van der Waals surface area contributed by atoms with Gasteiger partial charge in [0.05, 0.1) is 10.6 Å². The second kappa shape index (κ2) is 9.62. The van der Waals surface area contributed by atoms with Crippen LogP contribution in [0.4, 0.5) is 14.7 Å². The summed E-state index contributed by atoms with van der Waals surface area (Å²) in [6.45, 7) is 0.619. The van der Waals surface area contributed by atoms with Crippen molar-refractivity contribution in [3.8, 4) is 22.6 Å². The lowest BCUT2D eigenvalue weighted by molar-refractivity contribution is 0.329. The molecule has 1 aliphatic rings. The number of piperidine rings is 1. The fourth-order valence-electron chi connectivity index (χ4n) is 4.58. The third kappa shape index (κ3) is 4.52. The van der Waals surface area contributed by atoms with Gasteiger partial charge in [0, 0.05) is 37.1 Å². The fourth-order valence-corrected chi connectivity index (χ4v) is 6.05. The van der Waals surface area contributed by atoms with E-state index < -0.39 is 15.8 Å². The van der Waals surface area contributed by atoms with Gasteiger partial charge in [-0.2, -0.15) is 9.29 Å². The molecule has 0 spiro atoms. The highest BCUT2D eigenvalue weighted by atomic mass is 32.2. The Morgan fingerprint density at radius 3 is 2.32 bits per heavy atom. The number of halogens is 2. The number of rotatable bonds is 6. The maximum Gasteiger partial charge on any atom is 0.306 e. The van der Waals surface area contributed by atoms with Gasteiger partial charge in [0.1, 0.15) is 29.3 Å². The minimum absolute atomic E-state index is 0.0409. The molecule has 0 bridgehead atoms. The predicted octanol–water partition coefficient (Wildman–Crippen LogP) is 4.59. The predicted molar refractivity (Wildman–Crippen MR) is 136 cm³/mol. The van der Waals surface area contributed by atoms with Crippen LogP contribution in [-0.4, -0.2) is 51.2 Å². The summed E-state index contributed by atoms with van der Waals surface area (Å²) in [5.41, 5.74) is 2.56. The van der Waals surface area contributed by atoms with Crippen molar-refractivity contribution in [2.45, 2.75) is 23.8 Å². The second-order valence-corrected chi connectivity index (χ2v) is 10.9. The number of benzene rings is 2. The van der Waals surface area contributed by atoms with Gasteiger partial charge in [-0.3, -0.25) is 4.40 Å². The van der Waals surface area contributed by atoms with E-state index in [1.54, 1.807) is 35.0 Å². The molecule has 6 rings (SSSR count). The minimum Gasteiger partial charge on any atom is -0.432 e. The summed E-state index contributed by atoms with van der Waals surface area (Å²) in [6, 6.07) is 12.6. The van der Waals surface area contributed by atoms with Gasteiger partial charge in [0.25, 0.3) is 0 Å². The topological polar surface area (TPSA) is 106 Å². The molecule has 12 heteroatoms. The molecule has 0 amide bonds. The number of imidazole rings is 1. The third-order valence-electron chi connectivity index (χ3n) is 6.52. The molecule has 38 heavy (non-hydrogen) atoms. The molecule has 0 aliphatic carbocycles. The molecule has 9 nitrogen and oxygen atoms in total. The highest BCUT2D eigenvalue weighted by molar-refractivity contribution is 7.89. The maximum absolute atomic E-state index is 13.5. The lowest BCUT2D eigenvalue weighted by Crippen LogP contribution is -2.42. The van der Waals surface area contributed by atoms with Crippen LogP contribution in [0.3, 0.4) is 0 Å². The number of anilines is 1. The highest BCUT2D eigenvalue weighted by Crippen LogP contribution is 2.32. The molecule has 1 saturated heterocycles. The van der Waals surface area contributed by atoms with Crippen molar-refractivity contribution in [2.75, 3.05) is 18.4 Å². The summed E-state index contributed by atoms with van der Waals surface area (Å²) in [5.74, 6) is -0.0560. The van der Waals surface area contributed by atoms with Crippen molar-refractivity contribution >= 4 is 21.8 Å². The molecule has 194 valence electrons. The zero-order chi connectivity index (χ0) is 26.3. The average Bonchev–Trinajstić information content (AvgIpc) is 3.52. The van der Waals surface area contributed by atoms with Crippen LogP contribution in [0.15, 0.2) is 82.6 Å². The second-order valence-electron chi connectivity index (χ2n) is 8.91. The standard InChI is InChI=1S/C26H22F2N6O3S/c27-18-3-1-17(2-4-18)23-24(34-15-16-37-26(34)32-23)22-9-12-29-25(31-22)30-20-10-13-33(14-11-20)38(35,36)21-7-5-19(28)6-8-21/h1-9,12,15-16,20H,10-11,13-14H2,(H,29,30,31). The first kappa shape index (κ1) is 24.2. The zero-order valence-corrected chi connectivity index (χ0v) is 20.8. The first-order chi connectivity index (χ1) is 18.4. The van der Waals surface area contributed by atoms with Crippen molar-refractivity contribution in [2.24, 2.45) is 0 Å². The summed E-state index contributed by atoms with van der Waals surface area (Å²) in [7, 11) is -3.69. The Morgan fingerprint density at radius 2 is 1.61 bits per heavy atom. The van der Waals surface area contributed by atoms with Crippen LogP contribution in [0, 0.1) is 11.6 Å². The fraction of sp³-hybridized carbons (Fsp3) is 0.192. The van der Waals surface area contributed by atoms with Crippen molar-refractivity contribution < 1.29 is 21.6 Å². The van der Waals surface area contributed by atoms with E-state index in [1.807, 2.05) is 0 Å². The minimum atomic E-state index is -3.69. The number of sulfonamides is 1. The zero-order valence-electron chi connectivity index (χ0n) is 20.0. The van der Waals surface area contributed by atoms with Gasteiger partial charge in [-0.05, 0) is 67.4 Å². The summed E-state index contributed by atoms with van der Waals surface area (Å²) in [4.78, 5) is 13.7. The summed E-state index contributed by atoms with van der Waals surface area (Å²) >= 11 is 0. The van der Waals surface area contributed by atoms with E-state index in [9.17, 15) is 17.2 Å². The van der Waals surface area contributed by atoms with Crippen LogP contribution in [0.25, 0.3) is 28.5 Å². The molecule has 1 aliphatic heterocycles. The molecule has 3 aromatic heterocycles. The van der Waals surface area contributed by atoms with Gasteiger partial charge < -0.3 is 9.73 Å². The number of nitrogens with one attached hydrogen (secondary N) is 1. The van der Waals surface area contributed by atoms with Gasteiger partial charge in [0.15, 0.2) is 0 Å². The van der Waals surface area contributed by atoms with Gasteiger partial charge in [0.2, 0.25) is 16.0 Å². The SMILES string of the molecule is O=S(=O)(c1ccc(F)cc1)N1CCC(Nc2nccc(-c3c(-c4ccc(F)cc4)nc4occn34)n2)CC1. The Morgan fingerprint density at radius 1 is 0.921 bits per heavy atom. The smallest absolute Gasteiger partial charge is 0.306 e. The Balaban J connectivity index is 1.21. The number of nitrogens with zero attached hydrogens (tertiary/aromatic N) is 5. The molecular weight excluding hydrogens is 514 g/mol. The molecule has 1 N–H and O–H groups in total. The van der Waals surface area contributed by atoms with Crippen LogP contribution in [-0.2, 0) is 10.0 Å². The monoisotopic (exact) mass is 536 g/mol. The summed E-state index contributed by atoms with van der Waals surface area (Å²) < 4.78 is 61.2. The van der Waals surface area contributed by atoms with Gasteiger partial charge >= 0.3 is 5.84 Å². The van der Waals surface area contributed by atoms with Crippen molar-refractivity contribution in [3.63, 3.8) is 0 Å². The van der Waals surface area contributed by atoms with E-state index in [-0.39, 0.29) is 16.8 Å². The first-order valence-corrected chi connectivity index (χ1v) is 13.4. The van der Waals surface area contributed by atoms with Gasteiger partial charge in [-0.15, -0.1) is 0 Å². The quantitative estimate of drug-likeness (QED) is 0.338. The number of hydrogen-bond donors (Lipinski definition) is 1. The number of fused-ring (bicyclic) bond motifs is 1. The Hall–Kier alpha value is -4.16. The van der Waals surface area contributed by atoms with Crippen molar-refractivity contribution in [3.05, 3.63) is 84.9 Å². The molecule has 5 aromatic rings. The third-order valence-corrected chi connectivity index (χ3v) is 8.43. The summed E-state index contributed by atoms with van der Waals surface area (Å²) in [5, 5.41) is 3.32. The molecule has 0 atom stereocenters. The molecule has 1 fully saturated rings. The van der Waals surface area contributed by atoms with E-state index in [1.165, 1.54) is 34.8 Å². The van der Waals surface area contributed by atoms with Crippen LogP contribution < -0.4 is 5.32 Å². The molecule has 4 heterocycles. The molecule has 0 radical (unpaired) electrons. The Bertz CT molecular complexity index is 1690. The average molecular weight is 537 g/mol. The van der Waals surface area contributed by atoms with E-state index in [0.29, 0.717) is 60.4 Å². The normalized spacial score (nSPS) is 15.2. The van der Waals surface area contributed by atoms with E-state index in [4.69, 9.17) is 9.40 Å². The van der Waals surface area contributed by atoms with Gasteiger partial charge in [-0.1, -0.05) is 0 Å². The van der Waals surface area contributed by atoms with E-state index in [2.05, 4.69) is 15.3 Å². The van der Waals surface area contributed by atoms with E-state index in [0.717, 1.165) is 12.1 Å². The summed E-state index contributed by atoms with van der Waals surface area (Å²) in [6.07, 6.45) is 5.99. The van der Waals surface area contributed by atoms with Crippen molar-refractivity contribution in [1.29, 1.82) is 0 Å². The van der Waals surface area contributed by atoms with Crippen molar-refractivity contribution in [1.82, 2.24) is 23.7 Å². The number of hydrogen-bond acceptors (Lipinski definition) is 7. The Kier molecular flexibility index (Phi) is 6.12. The van der Waals surface area contributed by atoms with Crippen LogP contribution in [0.1, 0.15) is 12.8 Å².